The minimum atomic E-state index is 0.584. The molecule has 1 aliphatic carbocycles. The zero-order chi connectivity index (χ0) is 13.6. The molecule has 0 aliphatic heterocycles. The lowest BCUT2D eigenvalue weighted by Gasteiger charge is -2.20. The number of allylic oxidation sites excluding steroid dienone is 3. The van der Waals surface area contributed by atoms with Gasteiger partial charge in [-0.1, -0.05) is 84.5 Å². The van der Waals surface area contributed by atoms with Gasteiger partial charge in [-0.05, 0) is 30.4 Å². The van der Waals surface area contributed by atoms with Gasteiger partial charge in [0.25, 0.3) is 0 Å². The number of rotatable bonds is 3. The van der Waals surface area contributed by atoms with Crippen molar-refractivity contribution in [2.24, 2.45) is 0 Å². The van der Waals surface area contributed by atoms with Crippen molar-refractivity contribution in [1.29, 1.82) is 0 Å². The molecule has 0 saturated carbocycles. The lowest BCUT2D eigenvalue weighted by atomic mass is 9.85. The Morgan fingerprint density at radius 2 is 1.50 bits per heavy atom. The van der Waals surface area contributed by atoms with Crippen LogP contribution in [0, 0.1) is 0 Å². The highest BCUT2D eigenvalue weighted by atomic mass is 14.2. The van der Waals surface area contributed by atoms with Gasteiger partial charge < -0.3 is 0 Å². The van der Waals surface area contributed by atoms with E-state index in [2.05, 4.69) is 78.9 Å². The fraction of sp³-hybridized carbons (Fsp3) is 0.200. The lowest BCUT2D eigenvalue weighted by Crippen LogP contribution is -2.02. The van der Waals surface area contributed by atoms with E-state index in [4.69, 9.17) is 0 Å². The van der Waals surface area contributed by atoms with Gasteiger partial charge in [-0.2, -0.15) is 0 Å². The van der Waals surface area contributed by atoms with Crippen LogP contribution in [0.5, 0.6) is 0 Å². The summed E-state index contributed by atoms with van der Waals surface area (Å²) in [7, 11) is 0. The van der Waals surface area contributed by atoms with Crippen molar-refractivity contribution >= 4 is 6.08 Å². The van der Waals surface area contributed by atoms with E-state index >= 15 is 0 Å². The predicted octanol–water partition coefficient (Wildman–Crippen LogP) is 5.59. The highest BCUT2D eigenvalue weighted by Gasteiger charge is 2.13. The monoisotopic (exact) mass is 260 g/mol. The van der Waals surface area contributed by atoms with E-state index in [0.717, 1.165) is 0 Å². The molecule has 0 aromatic heterocycles. The van der Waals surface area contributed by atoms with Crippen LogP contribution >= 0.6 is 0 Å². The van der Waals surface area contributed by atoms with Crippen LogP contribution in [-0.4, -0.2) is 0 Å². The molecule has 2 aromatic carbocycles. The first-order valence-corrected chi connectivity index (χ1v) is 7.40. The van der Waals surface area contributed by atoms with Gasteiger partial charge >= 0.3 is 0 Å². The summed E-state index contributed by atoms with van der Waals surface area (Å²) in [5, 5.41) is 0. The zero-order valence-corrected chi connectivity index (χ0v) is 11.7. The van der Waals surface area contributed by atoms with Crippen molar-refractivity contribution in [2.75, 3.05) is 0 Å². The third kappa shape index (κ3) is 3.27. The molecular weight excluding hydrogens is 240 g/mol. The van der Waals surface area contributed by atoms with E-state index in [9.17, 15) is 0 Å². The molecule has 1 atom stereocenters. The second-order valence-electron chi connectivity index (χ2n) is 5.40. The SMILES string of the molecule is C1=C(/C=C/c2ccccc2)CCCC1c1ccccc1. The third-order valence-electron chi connectivity index (χ3n) is 3.91. The van der Waals surface area contributed by atoms with E-state index < -0.39 is 0 Å². The zero-order valence-electron chi connectivity index (χ0n) is 11.7. The summed E-state index contributed by atoms with van der Waals surface area (Å²) in [6, 6.07) is 21.4. The van der Waals surface area contributed by atoms with Crippen LogP contribution in [0.1, 0.15) is 36.3 Å². The number of hydrogen-bond donors (Lipinski definition) is 0. The second kappa shape index (κ2) is 6.38. The van der Waals surface area contributed by atoms with Crippen molar-refractivity contribution in [3.05, 3.63) is 89.5 Å². The van der Waals surface area contributed by atoms with E-state index in [1.165, 1.54) is 36.0 Å². The van der Waals surface area contributed by atoms with Crippen molar-refractivity contribution in [1.82, 2.24) is 0 Å². The van der Waals surface area contributed by atoms with Crippen molar-refractivity contribution in [3.63, 3.8) is 0 Å². The van der Waals surface area contributed by atoms with Gasteiger partial charge in [0.05, 0.1) is 0 Å². The molecular formula is C20H20. The summed E-state index contributed by atoms with van der Waals surface area (Å²) in [6.45, 7) is 0. The highest BCUT2D eigenvalue weighted by molar-refractivity contribution is 5.53. The molecule has 0 radical (unpaired) electrons. The molecule has 0 saturated heterocycles. The highest BCUT2D eigenvalue weighted by Crippen LogP contribution is 2.31. The molecule has 0 heteroatoms. The fourth-order valence-corrected chi connectivity index (χ4v) is 2.82. The van der Waals surface area contributed by atoms with Gasteiger partial charge in [0, 0.05) is 5.92 Å². The molecule has 0 N–H and O–H groups in total. The Morgan fingerprint density at radius 3 is 2.25 bits per heavy atom. The van der Waals surface area contributed by atoms with E-state index in [-0.39, 0.29) is 0 Å². The summed E-state index contributed by atoms with van der Waals surface area (Å²) >= 11 is 0. The van der Waals surface area contributed by atoms with Crippen LogP contribution in [0.2, 0.25) is 0 Å². The van der Waals surface area contributed by atoms with E-state index in [0.29, 0.717) is 5.92 Å². The van der Waals surface area contributed by atoms with Gasteiger partial charge in [0.2, 0.25) is 0 Å². The molecule has 1 aliphatic rings. The van der Waals surface area contributed by atoms with Crippen molar-refractivity contribution < 1.29 is 0 Å². The Balaban J connectivity index is 1.77. The third-order valence-corrected chi connectivity index (χ3v) is 3.91. The summed E-state index contributed by atoms with van der Waals surface area (Å²) < 4.78 is 0. The maximum absolute atomic E-state index is 2.44. The molecule has 20 heavy (non-hydrogen) atoms. The van der Waals surface area contributed by atoms with Crippen molar-refractivity contribution in [2.45, 2.75) is 25.2 Å². The summed E-state index contributed by atoms with van der Waals surface area (Å²) in [5.41, 5.74) is 4.18. The molecule has 0 bridgehead atoms. The second-order valence-corrected chi connectivity index (χ2v) is 5.40. The number of benzene rings is 2. The van der Waals surface area contributed by atoms with Crippen LogP contribution < -0.4 is 0 Å². The Kier molecular flexibility index (Phi) is 4.13. The van der Waals surface area contributed by atoms with Crippen LogP contribution in [0.25, 0.3) is 6.08 Å². The van der Waals surface area contributed by atoms with Gasteiger partial charge in [-0.25, -0.2) is 0 Å². The molecule has 0 amide bonds. The molecule has 0 heterocycles. The first-order valence-electron chi connectivity index (χ1n) is 7.40. The van der Waals surface area contributed by atoms with Gasteiger partial charge in [-0.15, -0.1) is 0 Å². The lowest BCUT2D eigenvalue weighted by molar-refractivity contribution is 0.641. The fourth-order valence-electron chi connectivity index (χ4n) is 2.82. The average molecular weight is 260 g/mol. The smallest absolute Gasteiger partial charge is 0.00239 e. The summed E-state index contributed by atoms with van der Waals surface area (Å²) in [6.07, 6.45) is 10.7. The molecule has 0 spiro atoms. The average Bonchev–Trinajstić information content (AvgIpc) is 2.55. The standard InChI is InChI=1S/C20H20/c1-3-8-17(9-4-1)14-15-18-10-7-13-20(16-18)19-11-5-2-6-12-19/h1-6,8-9,11-12,14-16,20H,7,10,13H2/b15-14+. The van der Waals surface area contributed by atoms with E-state index in [1.807, 2.05) is 0 Å². The maximum atomic E-state index is 2.44. The number of hydrogen-bond acceptors (Lipinski definition) is 0. The van der Waals surface area contributed by atoms with Crippen molar-refractivity contribution in [3.8, 4) is 0 Å². The topological polar surface area (TPSA) is 0 Å². The Bertz CT molecular complexity index is 590. The molecule has 1 unspecified atom stereocenters. The van der Waals surface area contributed by atoms with Gasteiger partial charge in [-0.3, -0.25) is 0 Å². The summed E-state index contributed by atoms with van der Waals surface area (Å²) in [4.78, 5) is 0. The Hall–Kier alpha value is -2.08. The minimum absolute atomic E-state index is 0.584. The molecule has 0 fully saturated rings. The first-order chi connectivity index (χ1) is 9.92. The Labute approximate surface area is 121 Å². The normalized spacial score (nSPS) is 19.0. The molecule has 100 valence electrons. The largest absolute Gasteiger partial charge is 0.0738 e. The molecule has 2 aromatic rings. The van der Waals surface area contributed by atoms with E-state index in [1.54, 1.807) is 0 Å². The quantitative estimate of drug-likeness (QED) is 0.674. The van der Waals surface area contributed by atoms with Crippen LogP contribution in [0.3, 0.4) is 0 Å². The van der Waals surface area contributed by atoms with Crippen LogP contribution in [0.15, 0.2) is 78.4 Å². The molecule has 0 nitrogen and oxygen atoms in total. The van der Waals surface area contributed by atoms with Gasteiger partial charge in [0.1, 0.15) is 0 Å². The van der Waals surface area contributed by atoms with Crippen LogP contribution in [0.4, 0.5) is 0 Å². The first kappa shape index (κ1) is 12.9. The predicted molar refractivity (Wildman–Crippen MR) is 86.6 cm³/mol. The molecule has 3 rings (SSSR count). The van der Waals surface area contributed by atoms with Crippen LogP contribution in [-0.2, 0) is 0 Å². The van der Waals surface area contributed by atoms with Gasteiger partial charge in [0.15, 0.2) is 0 Å². The maximum Gasteiger partial charge on any atom is 0.00239 e. The Morgan fingerprint density at radius 1 is 0.800 bits per heavy atom. The minimum Gasteiger partial charge on any atom is -0.0738 e. The summed E-state index contributed by atoms with van der Waals surface area (Å²) in [5.74, 6) is 0.584.